The first kappa shape index (κ1) is 17.0. The molecule has 0 bridgehead atoms. The van der Waals surface area contributed by atoms with Crippen LogP contribution >= 0.6 is 0 Å². The number of benzene rings is 1. The molecular weight excluding hydrogens is 296 g/mol. The SMILES string of the molecule is CCOC(=O)N(C)CCCCCN1C(=O)c2ccccc2C1=O. The lowest BCUT2D eigenvalue weighted by atomic mass is 10.1. The van der Waals surface area contributed by atoms with E-state index in [2.05, 4.69) is 0 Å². The Kier molecular flexibility index (Phi) is 5.73. The van der Waals surface area contributed by atoms with Crippen LogP contribution in [-0.2, 0) is 4.74 Å². The summed E-state index contributed by atoms with van der Waals surface area (Å²) in [4.78, 5) is 38.6. The number of carbonyl (C=O) groups excluding carboxylic acids is 3. The third kappa shape index (κ3) is 3.88. The fourth-order valence-corrected chi connectivity index (χ4v) is 2.56. The molecule has 124 valence electrons. The van der Waals surface area contributed by atoms with Gasteiger partial charge in [0.15, 0.2) is 0 Å². The van der Waals surface area contributed by atoms with Crippen molar-refractivity contribution in [1.29, 1.82) is 0 Å². The van der Waals surface area contributed by atoms with Crippen molar-refractivity contribution < 1.29 is 19.1 Å². The molecule has 0 aromatic heterocycles. The monoisotopic (exact) mass is 318 g/mol. The highest BCUT2D eigenvalue weighted by molar-refractivity contribution is 6.21. The zero-order valence-electron chi connectivity index (χ0n) is 13.6. The van der Waals surface area contributed by atoms with Gasteiger partial charge in [-0.05, 0) is 38.3 Å². The molecule has 1 aliphatic heterocycles. The van der Waals surface area contributed by atoms with E-state index in [0.717, 1.165) is 19.3 Å². The van der Waals surface area contributed by atoms with Crippen molar-refractivity contribution in [2.24, 2.45) is 0 Å². The van der Waals surface area contributed by atoms with Gasteiger partial charge < -0.3 is 9.64 Å². The lowest BCUT2D eigenvalue weighted by Crippen LogP contribution is -2.31. The molecule has 1 aromatic carbocycles. The van der Waals surface area contributed by atoms with E-state index in [1.54, 1.807) is 38.2 Å². The van der Waals surface area contributed by atoms with Gasteiger partial charge in [-0.25, -0.2) is 4.79 Å². The Bertz CT molecular complexity index is 565. The van der Waals surface area contributed by atoms with Gasteiger partial charge in [0.2, 0.25) is 0 Å². The summed E-state index contributed by atoms with van der Waals surface area (Å²) in [6.07, 6.45) is 2.03. The van der Waals surface area contributed by atoms with Crippen LogP contribution in [0.1, 0.15) is 46.9 Å². The maximum Gasteiger partial charge on any atom is 0.409 e. The highest BCUT2D eigenvalue weighted by atomic mass is 16.5. The van der Waals surface area contributed by atoms with E-state index in [1.807, 2.05) is 0 Å². The van der Waals surface area contributed by atoms with Crippen LogP contribution in [-0.4, -0.2) is 54.5 Å². The van der Waals surface area contributed by atoms with Crippen molar-refractivity contribution in [1.82, 2.24) is 9.80 Å². The fourth-order valence-electron chi connectivity index (χ4n) is 2.56. The van der Waals surface area contributed by atoms with Gasteiger partial charge in [0.25, 0.3) is 11.8 Å². The summed E-state index contributed by atoms with van der Waals surface area (Å²) < 4.78 is 4.90. The minimum atomic E-state index is -0.326. The van der Waals surface area contributed by atoms with Gasteiger partial charge in [-0.15, -0.1) is 0 Å². The van der Waals surface area contributed by atoms with Crippen molar-refractivity contribution in [3.63, 3.8) is 0 Å². The van der Waals surface area contributed by atoms with Gasteiger partial charge in [0.05, 0.1) is 17.7 Å². The molecule has 3 amide bonds. The maximum atomic E-state index is 12.2. The van der Waals surface area contributed by atoms with E-state index < -0.39 is 0 Å². The van der Waals surface area contributed by atoms with Crippen LogP contribution < -0.4 is 0 Å². The molecule has 0 N–H and O–H groups in total. The predicted molar refractivity (Wildman–Crippen MR) is 85.3 cm³/mol. The first-order valence-electron chi connectivity index (χ1n) is 7.89. The number of nitrogens with zero attached hydrogens (tertiary/aromatic N) is 2. The van der Waals surface area contributed by atoms with Gasteiger partial charge in [-0.1, -0.05) is 12.1 Å². The lowest BCUT2D eigenvalue weighted by Gasteiger charge is -2.17. The summed E-state index contributed by atoms with van der Waals surface area (Å²) in [5, 5.41) is 0. The minimum Gasteiger partial charge on any atom is -0.450 e. The second kappa shape index (κ2) is 7.76. The van der Waals surface area contributed by atoms with Crippen molar-refractivity contribution >= 4 is 17.9 Å². The summed E-state index contributed by atoms with van der Waals surface area (Å²) in [6, 6.07) is 6.89. The first-order valence-corrected chi connectivity index (χ1v) is 7.89. The van der Waals surface area contributed by atoms with Crippen LogP contribution in [0.15, 0.2) is 24.3 Å². The Morgan fingerprint density at radius 2 is 1.70 bits per heavy atom. The Hall–Kier alpha value is -2.37. The molecule has 1 aromatic rings. The molecule has 0 aliphatic carbocycles. The number of carbonyl (C=O) groups is 3. The number of ether oxygens (including phenoxy) is 1. The second-order valence-corrected chi connectivity index (χ2v) is 5.49. The summed E-state index contributed by atoms with van der Waals surface area (Å²) in [6.45, 7) is 3.15. The van der Waals surface area contributed by atoms with E-state index in [4.69, 9.17) is 4.74 Å². The molecule has 0 spiro atoms. The molecular formula is C17H22N2O4. The molecule has 23 heavy (non-hydrogen) atoms. The number of hydrogen-bond donors (Lipinski definition) is 0. The van der Waals surface area contributed by atoms with Crippen molar-refractivity contribution in [2.75, 3.05) is 26.7 Å². The normalized spacial score (nSPS) is 13.2. The first-order chi connectivity index (χ1) is 11.1. The van der Waals surface area contributed by atoms with Gasteiger partial charge >= 0.3 is 6.09 Å². The van der Waals surface area contributed by atoms with Crippen molar-refractivity contribution in [3.05, 3.63) is 35.4 Å². The van der Waals surface area contributed by atoms with Crippen LogP contribution in [0.25, 0.3) is 0 Å². The smallest absolute Gasteiger partial charge is 0.409 e. The minimum absolute atomic E-state index is 0.214. The van der Waals surface area contributed by atoms with Crippen LogP contribution in [0.2, 0.25) is 0 Å². The van der Waals surface area contributed by atoms with Crippen molar-refractivity contribution in [2.45, 2.75) is 26.2 Å². The summed E-state index contributed by atoms with van der Waals surface area (Å²) in [7, 11) is 1.70. The second-order valence-electron chi connectivity index (χ2n) is 5.49. The summed E-state index contributed by atoms with van der Waals surface area (Å²) in [5.74, 6) is -0.427. The van der Waals surface area contributed by atoms with E-state index in [1.165, 1.54) is 9.80 Å². The van der Waals surface area contributed by atoms with Gasteiger partial charge in [-0.3, -0.25) is 14.5 Å². The molecule has 6 nitrogen and oxygen atoms in total. The molecule has 0 radical (unpaired) electrons. The number of rotatable bonds is 7. The van der Waals surface area contributed by atoms with Crippen LogP contribution in [0.5, 0.6) is 0 Å². The quantitative estimate of drug-likeness (QED) is 0.572. The number of hydrogen-bond acceptors (Lipinski definition) is 4. The predicted octanol–water partition coefficient (Wildman–Crippen LogP) is 2.54. The van der Waals surface area contributed by atoms with E-state index in [-0.39, 0.29) is 17.9 Å². The lowest BCUT2D eigenvalue weighted by molar-refractivity contribution is 0.0651. The van der Waals surface area contributed by atoms with E-state index in [0.29, 0.717) is 30.8 Å². The van der Waals surface area contributed by atoms with Gasteiger partial charge in [0, 0.05) is 20.1 Å². The molecule has 0 saturated carbocycles. The molecule has 1 heterocycles. The maximum absolute atomic E-state index is 12.2. The summed E-state index contributed by atoms with van der Waals surface area (Å²) >= 11 is 0. The standard InChI is InChI=1S/C17H22N2O4/c1-3-23-17(22)18(2)11-7-4-8-12-19-15(20)13-9-5-6-10-14(13)16(19)21/h5-6,9-10H,3-4,7-8,11-12H2,1-2H3. The highest BCUT2D eigenvalue weighted by Gasteiger charge is 2.34. The Balaban J connectivity index is 1.73. The third-order valence-corrected chi connectivity index (χ3v) is 3.83. The average molecular weight is 318 g/mol. The van der Waals surface area contributed by atoms with E-state index in [9.17, 15) is 14.4 Å². The number of amides is 3. The third-order valence-electron chi connectivity index (χ3n) is 3.83. The molecule has 2 rings (SSSR count). The molecule has 0 unspecified atom stereocenters. The Morgan fingerprint density at radius 3 is 2.26 bits per heavy atom. The number of imide groups is 1. The topological polar surface area (TPSA) is 66.9 Å². The molecule has 0 saturated heterocycles. The molecule has 0 atom stereocenters. The van der Waals surface area contributed by atoms with Crippen LogP contribution in [0.4, 0.5) is 4.79 Å². The Morgan fingerprint density at radius 1 is 1.09 bits per heavy atom. The van der Waals surface area contributed by atoms with Crippen LogP contribution in [0.3, 0.4) is 0 Å². The van der Waals surface area contributed by atoms with Crippen molar-refractivity contribution in [3.8, 4) is 0 Å². The fraction of sp³-hybridized carbons (Fsp3) is 0.471. The molecule has 1 aliphatic rings. The average Bonchev–Trinajstić information content (AvgIpc) is 2.79. The summed E-state index contributed by atoms with van der Waals surface area (Å²) in [5.41, 5.74) is 0.971. The number of unbranched alkanes of at least 4 members (excludes halogenated alkanes) is 2. The van der Waals surface area contributed by atoms with Gasteiger partial charge in [-0.2, -0.15) is 0 Å². The Labute approximate surface area is 136 Å². The van der Waals surface area contributed by atoms with Crippen LogP contribution in [0, 0.1) is 0 Å². The zero-order chi connectivity index (χ0) is 16.8. The largest absolute Gasteiger partial charge is 0.450 e. The van der Waals surface area contributed by atoms with Gasteiger partial charge in [0.1, 0.15) is 0 Å². The zero-order valence-corrected chi connectivity index (χ0v) is 13.6. The number of fused-ring (bicyclic) bond motifs is 1. The highest BCUT2D eigenvalue weighted by Crippen LogP contribution is 2.22. The van der Waals surface area contributed by atoms with E-state index >= 15 is 0 Å². The molecule has 0 fully saturated rings. The molecule has 6 heteroatoms.